The van der Waals surface area contributed by atoms with E-state index < -0.39 is 23.2 Å². The summed E-state index contributed by atoms with van der Waals surface area (Å²) < 4.78 is 39.5. The molecule has 7 heteroatoms. The molecule has 0 spiro atoms. The molecule has 0 heterocycles. The van der Waals surface area contributed by atoms with Crippen LogP contribution in [0.2, 0.25) is 0 Å². The van der Waals surface area contributed by atoms with Crippen molar-refractivity contribution in [2.45, 2.75) is 33.6 Å². The summed E-state index contributed by atoms with van der Waals surface area (Å²) in [5, 5.41) is 19.2. The molecule has 1 N–H and O–H groups in total. The van der Waals surface area contributed by atoms with Gasteiger partial charge in [-0.2, -0.15) is 5.26 Å². The predicted molar refractivity (Wildman–Crippen MR) is 112 cm³/mol. The van der Waals surface area contributed by atoms with Gasteiger partial charge in [0.2, 0.25) is 0 Å². The van der Waals surface area contributed by atoms with Crippen molar-refractivity contribution in [1.82, 2.24) is 0 Å². The van der Waals surface area contributed by atoms with Crippen LogP contribution in [0, 0.1) is 23.0 Å². The van der Waals surface area contributed by atoms with E-state index in [0.29, 0.717) is 23.5 Å². The molecule has 2 aromatic rings. The van der Waals surface area contributed by atoms with Crippen LogP contribution in [0.3, 0.4) is 0 Å². The second-order valence-electron chi connectivity index (χ2n) is 6.58. The van der Waals surface area contributed by atoms with Crippen LogP contribution in [0.4, 0.5) is 8.78 Å². The van der Waals surface area contributed by atoms with Crippen molar-refractivity contribution in [2.24, 2.45) is 0 Å². The van der Waals surface area contributed by atoms with Gasteiger partial charge < -0.3 is 14.6 Å². The summed E-state index contributed by atoms with van der Waals surface area (Å²) in [6.45, 7) is 5.08. The number of nitriles is 1. The summed E-state index contributed by atoms with van der Waals surface area (Å²) in [6, 6.07) is 10.2. The molecule has 0 unspecified atom stereocenters. The van der Waals surface area contributed by atoms with E-state index in [-0.39, 0.29) is 29.9 Å². The molecule has 0 saturated heterocycles. The van der Waals surface area contributed by atoms with Gasteiger partial charge in [-0.1, -0.05) is 25.1 Å². The number of para-hydroxylation sites is 1. The number of carbonyl (C=O) groups excluding carboxylic acids is 1. The molecule has 5 nitrogen and oxygen atoms in total. The number of aliphatic hydroxyl groups is 1. The first-order chi connectivity index (χ1) is 14.8. The Morgan fingerprint density at radius 3 is 2.55 bits per heavy atom. The summed E-state index contributed by atoms with van der Waals surface area (Å²) in [6.07, 6.45) is 1.74. The number of nitrogens with zero attached hydrogens (tertiary/aromatic N) is 1. The molecule has 0 atom stereocenters. The number of allylic oxidation sites excluding steroid dienone is 4. The first kappa shape index (κ1) is 23.6. The second kappa shape index (κ2) is 10.9. The highest BCUT2D eigenvalue weighted by atomic mass is 19.1. The lowest BCUT2D eigenvalue weighted by atomic mass is 10.00. The van der Waals surface area contributed by atoms with Gasteiger partial charge in [-0.05, 0) is 38.1 Å². The average molecular weight is 427 g/mol. The third-order valence-electron chi connectivity index (χ3n) is 4.35. The fraction of sp³-hybridized carbons (Fsp3) is 0.250. The Morgan fingerprint density at radius 2 is 1.94 bits per heavy atom. The van der Waals surface area contributed by atoms with Crippen LogP contribution in [0.1, 0.15) is 43.9 Å². The fourth-order valence-electron chi connectivity index (χ4n) is 2.87. The molecule has 0 aliphatic carbocycles. The summed E-state index contributed by atoms with van der Waals surface area (Å²) in [4.78, 5) is 11.9. The van der Waals surface area contributed by atoms with Crippen LogP contribution in [0.5, 0.6) is 5.75 Å². The number of halogens is 2. The molecule has 0 bridgehead atoms. The van der Waals surface area contributed by atoms with E-state index in [9.17, 15) is 18.7 Å². The number of benzene rings is 2. The Morgan fingerprint density at radius 1 is 1.23 bits per heavy atom. The maximum absolute atomic E-state index is 14.7. The van der Waals surface area contributed by atoms with E-state index in [0.717, 1.165) is 12.1 Å². The van der Waals surface area contributed by atoms with Gasteiger partial charge in [0.25, 0.3) is 0 Å². The maximum Gasteiger partial charge on any atom is 0.310 e. The molecular weight excluding hydrogens is 404 g/mol. The van der Waals surface area contributed by atoms with Gasteiger partial charge in [-0.3, -0.25) is 4.79 Å². The Bertz CT molecular complexity index is 1060. The number of ether oxygens (including phenoxy) is 2. The van der Waals surface area contributed by atoms with E-state index in [1.807, 2.05) is 0 Å². The first-order valence-electron chi connectivity index (χ1n) is 9.71. The standard InChI is InChI=1S/C24H23F2NO4/c1-4-19(31-22-9-7-6-8-16(22)11-23(29)30-5-2)13-20(15(3)28)21-12-18(25)10-17(14-27)24(21)26/h6-10,12-13,28H,4-5,11H2,1-3H3/b19-13+,20-15-. The molecule has 0 aliphatic rings. The van der Waals surface area contributed by atoms with Gasteiger partial charge in [0.15, 0.2) is 0 Å². The van der Waals surface area contributed by atoms with Gasteiger partial charge >= 0.3 is 5.97 Å². The van der Waals surface area contributed by atoms with Crippen molar-refractivity contribution < 1.29 is 28.2 Å². The second-order valence-corrected chi connectivity index (χ2v) is 6.58. The lowest BCUT2D eigenvalue weighted by Gasteiger charge is -2.14. The van der Waals surface area contributed by atoms with Gasteiger partial charge in [0.05, 0.1) is 24.4 Å². The van der Waals surface area contributed by atoms with Crippen molar-refractivity contribution >= 4 is 11.5 Å². The average Bonchev–Trinajstić information content (AvgIpc) is 2.73. The monoisotopic (exact) mass is 427 g/mol. The van der Waals surface area contributed by atoms with Crippen molar-refractivity contribution in [1.29, 1.82) is 5.26 Å². The minimum Gasteiger partial charge on any atom is -0.512 e. The quantitative estimate of drug-likeness (QED) is 0.337. The van der Waals surface area contributed by atoms with Crippen molar-refractivity contribution in [3.05, 3.63) is 82.3 Å². The Labute approximate surface area is 179 Å². The SMILES string of the molecule is CCOC(=O)Cc1ccccc1O/C(=C/C(=C(\C)O)c1cc(F)cc(C#N)c1F)CC. The summed E-state index contributed by atoms with van der Waals surface area (Å²) >= 11 is 0. The minimum atomic E-state index is -0.943. The van der Waals surface area contributed by atoms with Crippen LogP contribution < -0.4 is 4.74 Å². The highest BCUT2D eigenvalue weighted by Gasteiger charge is 2.17. The van der Waals surface area contributed by atoms with Crippen LogP contribution in [0.25, 0.3) is 5.57 Å². The number of carbonyl (C=O) groups is 1. The number of hydrogen-bond donors (Lipinski definition) is 1. The zero-order chi connectivity index (χ0) is 23.0. The highest BCUT2D eigenvalue weighted by molar-refractivity contribution is 5.77. The van der Waals surface area contributed by atoms with E-state index >= 15 is 0 Å². The molecule has 162 valence electrons. The van der Waals surface area contributed by atoms with E-state index in [4.69, 9.17) is 14.7 Å². The van der Waals surface area contributed by atoms with Crippen LogP contribution in [0.15, 0.2) is 54.0 Å². The Kier molecular flexibility index (Phi) is 8.33. The molecule has 0 radical (unpaired) electrons. The summed E-state index contributed by atoms with van der Waals surface area (Å²) in [5.74, 6) is -1.69. The normalized spacial score (nSPS) is 12.1. The molecule has 2 aromatic carbocycles. The lowest BCUT2D eigenvalue weighted by molar-refractivity contribution is -0.142. The van der Waals surface area contributed by atoms with Crippen molar-refractivity contribution in [3.63, 3.8) is 0 Å². The Balaban J connectivity index is 2.46. The molecule has 0 saturated carbocycles. The van der Waals surface area contributed by atoms with Crippen molar-refractivity contribution in [3.8, 4) is 11.8 Å². The Hall–Kier alpha value is -3.66. The fourth-order valence-corrected chi connectivity index (χ4v) is 2.87. The van der Waals surface area contributed by atoms with Gasteiger partial charge in [0.1, 0.15) is 29.2 Å². The van der Waals surface area contributed by atoms with Gasteiger partial charge in [0, 0.05) is 23.1 Å². The van der Waals surface area contributed by atoms with Gasteiger partial charge in [-0.25, -0.2) is 8.78 Å². The molecule has 2 rings (SSSR count). The van der Waals surface area contributed by atoms with Gasteiger partial charge in [-0.15, -0.1) is 0 Å². The van der Waals surface area contributed by atoms with Crippen LogP contribution in [-0.2, 0) is 16.0 Å². The number of rotatable bonds is 8. The molecule has 0 fully saturated rings. The van der Waals surface area contributed by atoms with E-state index in [2.05, 4.69) is 0 Å². The zero-order valence-electron chi connectivity index (χ0n) is 17.5. The van der Waals surface area contributed by atoms with E-state index in [1.54, 1.807) is 44.2 Å². The lowest BCUT2D eigenvalue weighted by Crippen LogP contribution is -2.09. The largest absolute Gasteiger partial charge is 0.512 e. The minimum absolute atomic E-state index is 0.00673. The zero-order valence-corrected chi connectivity index (χ0v) is 17.5. The number of esters is 1. The predicted octanol–water partition coefficient (Wildman–Crippen LogP) is 5.60. The topological polar surface area (TPSA) is 79.6 Å². The smallest absolute Gasteiger partial charge is 0.310 e. The molecule has 0 amide bonds. The summed E-state index contributed by atoms with van der Waals surface area (Å²) in [7, 11) is 0. The number of aliphatic hydroxyl groups excluding tert-OH is 1. The highest BCUT2D eigenvalue weighted by Crippen LogP contribution is 2.29. The molecule has 0 aliphatic heterocycles. The third-order valence-corrected chi connectivity index (χ3v) is 4.35. The maximum atomic E-state index is 14.7. The molecule has 31 heavy (non-hydrogen) atoms. The molecular formula is C24H23F2NO4. The van der Waals surface area contributed by atoms with Crippen LogP contribution >= 0.6 is 0 Å². The summed E-state index contributed by atoms with van der Waals surface area (Å²) in [5.41, 5.74) is -0.157. The van der Waals surface area contributed by atoms with Crippen molar-refractivity contribution in [2.75, 3.05) is 6.61 Å². The first-order valence-corrected chi connectivity index (χ1v) is 9.71. The third kappa shape index (κ3) is 6.16. The molecule has 0 aromatic heterocycles. The van der Waals surface area contributed by atoms with E-state index in [1.165, 1.54) is 13.0 Å². The van der Waals surface area contributed by atoms with Crippen LogP contribution in [-0.4, -0.2) is 17.7 Å². The number of hydrogen-bond acceptors (Lipinski definition) is 5.